The van der Waals surface area contributed by atoms with Gasteiger partial charge in [0.2, 0.25) is 0 Å². The van der Waals surface area contributed by atoms with Crippen molar-refractivity contribution in [2.24, 2.45) is 0 Å². The number of likely N-dealkylation sites (N-methyl/N-ethyl adjacent to an activating group) is 1. The molecule has 0 bridgehead atoms. The standard InChI is InChI=1S/C14H17N3O2/c1-16(2)9-3-5-13-11(7-9)12-8-10(17(18)19)4-6-14(12)15-13/h4,6,8-9,15H,3,5,7H2,1-2H3. The molecular weight excluding hydrogens is 242 g/mol. The topological polar surface area (TPSA) is 62.2 Å². The molecule has 1 N–H and O–H groups in total. The normalized spacial score (nSPS) is 18.8. The number of benzene rings is 1. The van der Waals surface area contributed by atoms with Crippen molar-refractivity contribution >= 4 is 16.6 Å². The van der Waals surface area contributed by atoms with Gasteiger partial charge in [-0.1, -0.05) is 0 Å². The second-order valence-electron chi connectivity index (χ2n) is 5.43. The van der Waals surface area contributed by atoms with Crippen molar-refractivity contribution in [2.45, 2.75) is 25.3 Å². The Morgan fingerprint density at radius 2 is 2.21 bits per heavy atom. The minimum absolute atomic E-state index is 0.168. The van der Waals surface area contributed by atoms with Crippen molar-refractivity contribution < 1.29 is 4.92 Å². The van der Waals surface area contributed by atoms with E-state index in [1.165, 1.54) is 11.3 Å². The Morgan fingerprint density at radius 3 is 2.89 bits per heavy atom. The Labute approximate surface area is 111 Å². The molecule has 1 heterocycles. The van der Waals surface area contributed by atoms with Crippen LogP contribution in [0.4, 0.5) is 5.69 Å². The van der Waals surface area contributed by atoms with E-state index in [9.17, 15) is 10.1 Å². The molecule has 0 aliphatic heterocycles. The molecule has 1 aliphatic carbocycles. The van der Waals surface area contributed by atoms with Crippen LogP contribution in [0.1, 0.15) is 17.7 Å². The molecule has 0 radical (unpaired) electrons. The second kappa shape index (κ2) is 4.35. The summed E-state index contributed by atoms with van der Waals surface area (Å²) in [5, 5.41) is 11.9. The van der Waals surface area contributed by atoms with Crippen LogP contribution >= 0.6 is 0 Å². The summed E-state index contributed by atoms with van der Waals surface area (Å²) in [6.45, 7) is 0. The highest BCUT2D eigenvalue weighted by atomic mass is 16.6. The summed E-state index contributed by atoms with van der Waals surface area (Å²) in [5.41, 5.74) is 3.67. The molecule has 1 unspecified atom stereocenters. The van der Waals surface area contributed by atoms with Gasteiger partial charge in [0.05, 0.1) is 4.92 Å². The SMILES string of the molecule is CN(C)C1CCc2[nH]c3ccc([N+](=O)[O-])cc3c2C1. The highest BCUT2D eigenvalue weighted by Crippen LogP contribution is 2.32. The van der Waals surface area contributed by atoms with Crippen LogP contribution in [-0.4, -0.2) is 34.9 Å². The molecule has 100 valence electrons. The predicted octanol–water partition coefficient (Wildman–Crippen LogP) is 2.50. The number of aromatic nitrogens is 1. The Kier molecular flexibility index (Phi) is 2.78. The molecule has 0 spiro atoms. The number of non-ortho nitro benzene ring substituents is 1. The summed E-state index contributed by atoms with van der Waals surface area (Å²) in [5.74, 6) is 0. The summed E-state index contributed by atoms with van der Waals surface area (Å²) in [6, 6.07) is 5.60. The summed E-state index contributed by atoms with van der Waals surface area (Å²) < 4.78 is 0. The zero-order chi connectivity index (χ0) is 13.6. The maximum atomic E-state index is 10.9. The van der Waals surface area contributed by atoms with Crippen LogP contribution in [-0.2, 0) is 12.8 Å². The zero-order valence-electron chi connectivity index (χ0n) is 11.1. The molecule has 0 fully saturated rings. The van der Waals surface area contributed by atoms with Gasteiger partial charge in [-0.3, -0.25) is 10.1 Å². The third-order valence-electron chi connectivity index (χ3n) is 4.09. The molecule has 1 aromatic carbocycles. The molecule has 2 aromatic rings. The second-order valence-corrected chi connectivity index (χ2v) is 5.43. The quantitative estimate of drug-likeness (QED) is 0.665. The van der Waals surface area contributed by atoms with E-state index in [1.807, 2.05) is 6.07 Å². The number of H-pyrrole nitrogens is 1. The lowest BCUT2D eigenvalue weighted by atomic mass is 9.91. The summed E-state index contributed by atoms with van der Waals surface area (Å²) in [7, 11) is 4.18. The van der Waals surface area contributed by atoms with Crippen LogP contribution in [0.3, 0.4) is 0 Å². The predicted molar refractivity (Wildman–Crippen MR) is 74.5 cm³/mol. The van der Waals surface area contributed by atoms with Crippen LogP contribution in [0.2, 0.25) is 0 Å². The number of hydrogen-bond acceptors (Lipinski definition) is 3. The summed E-state index contributed by atoms with van der Waals surface area (Å²) >= 11 is 0. The Morgan fingerprint density at radius 1 is 1.42 bits per heavy atom. The van der Waals surface area contributed by atoms with Crippen molar-refractivity contribution in [2.75, 3.05) is 14.1 Å². The van der Waals surface area contributed by atoms with Crippen molar-refractivity contribution in [3.63, 3.8) is 0 Å². The fourth-order valence-electron chi connectivity index (χ4n) is 2.94. The van der Waals surface area contributed by atoms with Crippen LogP contribution in [0.25, 0.3) is 10.9 Å². The van der Waals surface area contributed by atoms with E-state index in [-0.39, 0.29) is 10.6 Å². The smallest absolute Gasteiger partial charge is 0.270 e. The van der Waals surface area contributed by atoms with Gasteiger partial charge in [-0.25, -0.2) is 0 Å². The fourth-order valence-corrected chi connectivity index (χ4v) is 2.94. The Balaban J connectivity index is 2.10. The van der Waals surface area contributed by atoms with Gasteiger partial charge in [0.15, 0.2) is 0 Å². The van der Waals surface area contributed by atoms with Gasteiger partial charge in [-0.05, 0) is 45.0 Å². The molecular formula is C14H17N3O2. The lowest BCUT2D eigenvalue weighted by Crippen LogP contribution is -2.33. The van der Waals surface area contributed by atoms with Gasteiger partial charge in [0.1, 0.15) is 0 Å². The van der Waals surface area contributed by atoms with Gasteiger partial charge in [-0.2, -0.15) is 0 Å². The summed E-state index contributed by atoms with van der Waals surface area (Å²) in [4.78, 5) is 16.2. The minimum atomic E-state index is -0.328. The minimum Gasteiger partial charge on any atom is -0.358 e. The highest BCUT2D eigenvalue weighted by molar-refractivity contribution is 5.87. The molecule has 1 aromatic heterocycles. The monoisotopic (exact) mass is 259 g/mol. The van der Waals surface area contributed by atoms with Crippen molar-refractivity contribution in [3.8, 4) is 0 Å². The number of nitro groups is 1. The van der Waals surface area contributed by atoms with E-state index in [1.54, 1.807) is 12.1 Å². The van der Waals surface area contributed by atoms with Gasteiger partial charge < -0.3 is 9.88 Å². The van der Waals surface area contributed by atoms with Crippen molar-refractivity contribution in [1.29, 1.82) is 0 Å². The number of hydrogen-bond donors (Lipinski definition) is 1. The van der Waals surface area contributed by atoms with Gasteiger partial charge >= 0.3 is 0 Å². The van der Waals surface area contributed by atoms with E-state index < -0.39 is 0 Å². The number of nitrogens with one attached hydrogen (secondary N) is 1. The molecule has 0 saturated heterocycles. The molecule has 5 heteroatoms. The first-order valence-electron chi connectivity index (χ1n) is 6.50. The first-order chi connectivity index (χ1) is 9.06. The fraction of sp³-hybridized carbons (Fsp3) is 0.429. The number of fused-ring (bicyclic) bond motifs is 3. The van der Waals surface area contributed by atoms with Crippen LogP contribution < -0.4 is 0 Å². The van der Waals surface area contributed by atoms with Crippen LogP contribution in [0.15, 0.2) is 18.2 Å². The third-order valence-corrected chi connectivity index (χ3v) is 4.09. The first kappa shape index (κ1) is 12.2. The molecule has 1 atom stereocenters. The lowest BCUT2D eigenvalue weighted by molar-refractivity contribution is -0.384. The highest BCUT2D eigenvalue weighted by Gasteiger charge is 2.24. The van der Waals surface area contributed by atoms with Crippen LogP contribution in [0, 0.1) is 10.1 Å². The van der Waals surface area contributed by atoms with E-state index in [0.29, 0.717) is 6.04 Å². The molecule has 1 aliphatic rings. The summed E-state index contributed by atoms with van der Waals surface area (Å²) in [6.07, 6.45) is 3.11. The molecule has 19 heavy (non-hydrogen) atoms. The molecule has 5 nitrogen and oxygen atoms in total. The third kappa shape index (κ3) is 2.00. The number of nitro benzene ring substituents is 1. The first-order valence-corrected chi connectivity index (χ1v) is 6.50. The van der Waals surface area contributed by atoms with Gasteiger partial charge in [-0.15, -0.1) is 0 Å². The lowest BCUT2D eigenvalue weighted by Gasteiger charge is -2.28. The average molecular weight is 259 g/mol. The maximum absolute atomic E-state index is 10.9. The molecule has 3 rings (SSSR count). The number of nitrogens with zero attached hydrogens (tertiary/aromatic N) is 2. The Bertz CT molecular complexity index is 645. The molecule has 0 amide bonds. The number of aromatic amines is 1. The zero-order valence-corrected chi connectivity index (χ0v) is 11.1. The van der Waals surface area contributed by atoms with E-state index in [0.717, 1.165) is 30.2 Å². The van der Waals surface area contributed by atoms with E-state index in [4.69, 9.17) is 0 Å². The Hall–Kier alpha value is -1.88. The van der Waals surface area contributed by atoms with E-state index in [2.05, 4.69) is 24.0 Å². The number of rotatable bonds is 2. The molecule has 0 saturated carbocycles. The van der Waals surface area contributed by atoms with Gasteiger partial charge in [0.25, 0.3) is 5.69 Å². The maximum Gasteiger partial charge on any atom is 0.270 e. The largest absolute Gasteiger partial charge is 0.358 e. The van der Waals surface area contributed by atoms with Crippen molar-refractivity contribution in [3.05, 3.63) is 39.6 Å². The average Bonchev–Trinajstić information content (AvgIpc) is 2.75. The van der Waals surface area contributed by atoms with Crippen molar-refractivity contribution in [1.82, 2.24) is 9.88 Å². The van der Waals surface area contributed by atoms with Crippen LogP contribution in [0.5, 0.6) is 0 Å². The van der Waals surface area contributed by atoms with Gasteiger partial charge in [0, 0.05) is 34.8 Å². The van der Waals surface area contributed by atoms with E-state index >= 15 is 0 Å². The number of aryl methyl sites for hydroxylation is 1.